The van der Waals surface area contributed by atoms with Crippen LogP contribution in [0.25, 0.3) is 0 Å². The Morgan fingerprint density at radius 1 is 1.10 bits per heavy atom. The van der Waals surface area contributed by atoms with Crippen molar-refractivity contribution in [3.8, 4) is 0 Å². The van der Waals surface area contributed by atoms with E-state index in [1.807, 2.05) is 0 Å². The van der Waals surface area contributed by atoms with Crippen LogP contribution in [0.2, 0.25) is 0 Å². The van der Waals surface area contributed by atoms with Crippen molar-refractivity contribution in [2.45, 2.75) is 55.9 Å². The first-order chi connectivity index (χ1) is 14.9. The van der Waals surface area contributed by atoms with Gasteiger partial charge >= 0.3 is 12.0 Å². The Labute approximate surface area is 181 Å². The van der Waals surface area contributed by atoms with Gasteiger partial charge in [0.25, 0.3) is 5.91 Å². The van der Waals surface area contributed by atoms with E-state index < -0.39 is 40.5 Å². The van der Waals surface area contributed by atoms with Gasteiger partial charge in [0.1, 0.15) is 4.90 Å². The summed E-state index contributed by atoms with van der Waals surface area (Å²) in [5, 5.41) is 4.93. The van der Waals surface area contributed by atoms with E-state index in [0.717, 1.165) is 32.1 Å². The van der Waals surface area contributed by atoms with E-state index in [1.165, 1.54) is 22.8 Å². The highest BCUT2D eigenvalue weighted by Gasteiger charge is 2.33. The third kappa shape index (κ3) is 6.47. The number of nitrogens with zero attached hydrogens (tertiary/aromatic N) is 2. The summed E-state index contributed by atoms with van der Waals surface area (Å²) in [6.45, 7) is -0.203. The summed E-state index contributed by atoms with van der Waals surface area (Å²) in [6.07, 6.45) is 8.43. The van der Waals surface area contributed by atoms with Crippen LogP contribution in [0.3, 0.4) is 0 Å². The first-order valence-corrected chi connectivity index (χ1v) is 12.0. The molecule has 1 saturated heterocycles. The molecule has 10 nitrogen and oxygen atoms in total. The van der Waals surface area contributed by atoms with E-state index in [-0.39, 0.29) is 24.0 Å². The fraction of sp³-hybridized carbons (Fsp3) is 0.600. The molecule has 0 radical (unpaired) electrons. The Hall–Kier alpha value is -2.53. The number of esters is 1. The number of urea groups is 1. The number of sulfonamides is 1. The van der Waals surface area contributed by atoms with Gasteiger partial charge in [0, 0.05) is 31.5 Å². The molecule has 1 aromatic rings. The number of carbonyl (C=O) groups excluding carboxylic acids is 3. The van der Waals surface area contributed by atoms with Crippen LogP contribution >= 0.6 is 0 Å². The molecule has 0 aromatic carbocycles. The monoisotopic (exact) mass is 452 g/mol. The summed E-state index contributed by atoms with van der Waals surface area (Å²) in [4.78, 5) is 39.9. The maximum atomic E-state index is 12.6. The summed E-state index contributed by atoms with van der Waals surface area (Å²) in [7, 11) is -3.65. The van der Waals surface area contributed by atoms with Gasteiger partial charge in [-0.2, -0.15) is 4.31 Å². The molecule has 2 N–H and O–H groups in total. The first kappa shape index (κ1) is 23.1. The summed E-state index contributed by atoms with van der Waals surface area (Å²) >= 11 is 0. The van der Waals surface area contributed by atoms with Gasteiger partial charge in [0.05, 0.1) is 5.92 Å². The number of rotatable bonds is 6. The minimum Gasteiger partial charge on any atom is -0.455 e. The van der Waals surface area contributed by atoms with Gasteiger partial charge in [-0.25, -0.2) is 13.2 Å². The lowest BCUT2D eigenvalue weighted by Gasteiger charge is -2.29. The number of aromatic nitrogens is 1. The molecule has 3 rings (SSSR count). The zero-order valence-corrected chi connectivity index (χ0v) is 18.1. The minimum absolute atomic E-state index is 0.0669. The predicted octanol–water partition coefficient (Wildman–Crippen LogP) is 1.18. The van der Waals surface area contributed by atoms with Crippen molar-refractivity contribution in [1.82, 2.24) is 19.9 Å². The number of piperidine rings is 1. The number of imide groups is 1. The number of ether oxygens (including phenoxy) is 1. The molecule has 31 heavy (non-hydrogen) atoms. The Balaban J connectivity index is 1.38. The lowest BCUT2D eigenvalue weighted by atomic mass is 9.96. The maximum Gasteiger partial charge on any atom is 0.321 e. The molecule has 1 aromatic heterocycles. The van der Waals surface area contributed by atoms with Crippen LogP contribution in [0, 0.1) is 5.92 Å². The van der Waals surface area contributed by atoms with Gasteiger partial charge in [0.15, 0.2) is 6.61 Å². The van der Waals surface area contributed by atoms with Crippen molar-refractivity contribution in [3.63, 3.8) is 0 Å². The molecule has 11 heteroatoms. The van der Waals surface area contributed by atoms with Crippen molar-refractivity contribution in [2.75, 3.05) is 19.7 Å². The number of hydrogen-bond acceptors (Lipinski definition) is 7. The van der Waals surface area contributed by atoms with Crippen molar-refractivity contribution in [1.29, 1.82) is 0 Å². The highest BCUT2D eigenvalue weighted by atomic mass is 32.2. The van der Waals surface area contributed by atoms with Gasteiger partial charge in [-0.1, -0.05) is 19.3 Å². The molecule has 170 valence electrons. The first-order valence-electron chi connectivity index (χ1n) is 10.5. The second kappa shape index (κ2) is 10.7. The lowest BCUT2D eigenvalue weighted by molar-refractivity contribution is -0.153. The van der Waals surface area contributed by atoms with Crippen LogP contribution in [0.5, 0.6) is 0 Å². The number of amides is 3. The highest BCUT2D eigenvalue weighted by Crippen LogP contribution is 2.24. The smallest absolute Gasteiger partial charge is 0.321 e. The van der Waals surface area contributed by atoms with E-state index in [4.69, 9.17) is 4.74 Å². The number of carbonyl (C=O) groups is 3. The van der Waals surface area contributed by atoms with Crippen LogP contribution < -0.4 is 10.6 Å². The summed E-state index contributed by atoms with van der Waals surface area (Å²) in [5.74, 6) is -1.76. The normalized spacial score (nSPS) is 18.8. The minimum atomic E-state index is -3.65. The van der Waals surface area contributed by atoms with Crippen molar-refractivity contribution >= 4 is 27.9 Å². The van der Waals surface area contributed by atoms with Crippen LogP contribution in [-0.4, -0.2) is 61.4 Å². The number of pyridine rings is 1. The molecule has 0 spiro atoms. The van der Waals surface area contributed by atoms with Crippen LogP contribution in [0.4, 0.5) is 4.79 Å². The van der Waals surface area contributed by atoms with Crippen molar-refractivity contribution < 1.29 is 27.5 Å². The average Bonchev–Trinajstić information content (AvgIpc) is 2.78. The van der Waals surface area contributed by atoms with E-state index in [2.05, 4.69) is 15.6 Å². The highest BCUT2D eigenvalue weighted by molar-refractivity contribution is 7.89. The zero-order chi connectivity index (χ0) is 22.3. The predicted molar refractivity (Wildman–Crippen MR) is 110 cm³/mol. The molecular formula is C20H28N4O6S. The van der Waals surface area contributed by atoms with Crippen molar-refractivity contribution in [2.24, 2.45) is 5.92 Å². The second-order valence-electron chi connectivity index (χ2n) is 7.83. The largest absolute Gasteiger partial charge is 0.455 e. The van der Waals surface area contributed by atoms with Crippen LogP contribution in [0.15, 0.2) is 29.4 Å². The Bertz CT molecular complexity index is 878. The summed E-state index contributed by atoms with van der Waals surface area (Å²) < 4.78 is 31.6. The molecule has 1 aliphatic carbocycles. The third-order valence-electron chi connectivity index (χ3n) is 5.60. The fourth-order valence-electron chi connectivity index (χ4n) is 3.87. The van der Waals surface area contributed by atoms with E-state index in [9.17, 15) is 22.8 Å². The topological polar surface area (TPSA) is 135 Å². The van der Waals surface area contributed by atoms with Crippen molar-refractivity contribution in [3.05, 3.63) is 24.5 Å². The molecule has 0 unspecified atom stereocenters. The van der Waals surface area contributed by atoms with E-state index >= 15 is 0 Å². The molecule has 0 atom stereocenters. The molecule has 2 aliphatic rings. The zero-order valence-electron chi connectivity index (χ0n) is 17.3. The lowest BCUT2D eigenvalue weighted by Crippen LogP contribution is -2.46. The quantitative estimate of drug-likeness (QED) is 0.619. The van der Waals surface area contributed by atoms with E-state index in [0.29, 0.717) is 12.8 Å². The fourth-order valence-corrected chi connectivity index (χ4v) is 5.30. The molecule has 2 fully saturated rings. The maximum absolute atomic E-state index is 12.6. The molecule has 1 saturated carbocycles. The number of hydrogen-bond donors (Lipinski definition) is 2. The molecule has 0 bridgehead atoms. The standard InChI is InChI=1S/C20H28N4O6S/c25-18(23-20(27)22-16-5-2-1-3-6-16)14-30-19(26)15-8-11-24(12-9-15)31(28,29)17-7-4-10-21-13-17/h4,7,10,13,15-16H,1-3,5-6,8-9,11-12,14H2,(H2,22,23,25,27). The Morgan fingerprint density at radius 3 is 2.45 bits per heavy atom. The van der Waals surface area contributed by atoms with Crippen LogP contribution in [-0.2, 0) is 24.3 Å². The van der Waals surface area contributed by atoms with Gasteiger partial charge in [-0.3, -0.25) is 19.9 Å². The molecular weight excluding hydrogens is 424 g/mol. The summed E-state index contributed by atoms with van der Waals surface area (Å²) in [5.41, 5.74) is 0. The van der Waals surface area contributed by atoms with Gasteiger partial charge in [-0.05, 0) is 37.8 Å². The van der Waals surface area contributed by atoms with Gasteiger partial charge in [0.2, 0.25) is 10.0 Å². The second-order valence-corrected chi connectivity index (χ2v) is 9.77. The Kier molecular flexibility index (Phi) is 7.97. The molecule has 3 amide bonds. The Morgan fingerprint density at radius 2 is 1.81 bits per heavy atom. The average molecular weight is 453 g/mol. The summed E-state index contributed by atoms with van der Waals surface area (Å²) in [6, 6.07) is 2.52. The van der Waals surface area contributed by atoms with Gasteiger partial charge < -0.3 is 10.1 Å². The van der Waals surface area contributed by atoms with Crippen LogP contribution in [0.1, 0.15) is 44.9 Å². The van der Waals surface area contributed by atoms with Gasteiger partial charge in [-0.15, -0.1) is 0 Å². The van der Waals surface area contributed by atoms with E-state index in [1.54, 1.807) is 6.07 Å². The SMILES string of the molecule is O=C(COC(=O)C1CCN(S(=O)(=O)c2cccnc2)CC1)NC(=O)NC1CCCCC1. The molecule has 2 heterocycles. The third-order valence-corrected chi connectivity index (χ3v) is 7.48. The number of nitrogens with one attached hydrogen (secondary N) is 2. The molecule has 1 aliphatic heterocycles.